The van der Waals surface area contributed by atoms with Crippen LogP contribution in [0, 0.1) is 29.6 Å². The fourth-order valence-electron chi connectivity index (χ4n) is 17.1. The molecule has 92 heavy (non-hydrogen) atoms. The van der Waals surface area contributed by atoms with E-state index in [-0.39, 0.29) is 35.8 Å². The monoisotopic (exact) mass is 1290 g/mol. The number of hydrogen-bond donors (Lipinski definition) is 3. The van der Waals surface area contributed by atoms with Gasteiger partial charge >= 0.3 is 0 Å². The van der Waals surface area contributed by atoms with Crippen LogP contribution in [0.15, 0.2) is 0 Å². The van der Waals surface area contributed by atoms with E-state index in [0.717, 1.165) is 114 Å². The van der Waals surface area contributed by atoms with E-state index in [9.17, 15) is 19.2 Å². The van der Waals surface area contributed by atoms with Gasteiger partial charge in [-0.2, -0.15) is 0 Å². The van der Waals surface area contributed by atoms with Gasteiger partial charge in [-0.3, -0.25) is 19.2 Å². The normalized spacial score (nSPS) is 21.0. The Morgan fingerprint density at radius 1 is 0.239 bits per heavy atom. The van der Waals surface area contributed by atoms with Gasteiger partial charge in [-0.15, -0.1) is 0 Å². The zero-order valence-electron chi connectivity index (χ0n) is 62.5. The summed E-state index contributed by atoms with van der Waals surface area (Å²) in [5, 5.41) is 10.2. The van der Waals surface area contributed by atoms with Crippen molar-refractivity contribution >= 4 is 23.5 Å². The maximum atomic E-state index is 13.5. The van der Waals surface area contributed by atoms with Crippen molar-refractivity contribution in [3.63, 3.8) is 0 Å². The van der Waals surface area contributed by atoms with Crippen LogP contribution >= 0.6 is 0 Å². The molecule has 3 amide bonds. The van der Waals surface area contributed by atoms with Gasteiger partial charge in [-0.1, -0.05) is 374 Å². The van der Waals surface area contributed by atoms with Crippen LogP contribution in [0.4, 0.5) is 0 Å². The van der Waals surface area contributed by atoms with Gasteiger partial charge in [0.25, 0.3) is 0 Å². The highest BCUT2D eigenvalue weighted by Crippen LogP contribution is 2.47. The number of amides is 3. The van der Waals surface area contributed by atoms with E-state index in [0.29, 0.717) is 37.4 Å². The van der Waals surface area contributed by atoms with Gasteiger partial charge in [0.2, 0.25) is 17.7 Å². The molecular weight excluding hydrogens is 1130 g/mol. The first-order valence-electron chi connectivity index (χ1n) is 42.7. The molecule has 540 valence electrons. The number of nitrogens with one attached hydrogen (secondary N) is 3. The van der Waals surface area contributed by atoms with E-state index in [1.165, 1.54) is 327 Å². The summed E-state index contributed by atoms with van der Waals surface area (Å²) in [5.74, 6) is 4.77. The van der Waals surface area contributed by atoms with Crippen molar-refractivity contribution < 1.29 is 19.2 Å². The second-order valence-corrected chi connectivity index (χ2v) is 31.5. The molecule has 0 aliphatic heterocycles. The molecule has 3 fully saturated rings. The number of hydrogen-bond acceptors (Lipinski definition) is 4. The Bertz CT molecular complexity index is 1560. The quantitative estimate of drug-likeness (QED) is 0.0528. The highest BCUT2D eigenvalue weighted by molar-refractivity contribution is 5.79. The van der Waals surface area contributed by atoms with Crippen LogP contribution in [0.5, 0.6) is 0 Å². The number of carbonyl (C=O) groups excluding carboxylic acids is 4. The molecule has 3 rings (SSSR count). The van der Waals surface area contributed by atoms with E-state index in [1.54, 1.807) is 0 Å². The lowest BCUT2D eigenvalue weighted by Crippen LogP contribution is -2.53. The highest BCUT2D eigenvalue weighted by atomic mass is 16.2. The van der Waals surface area contributed by atoms with Gasteiger partial charge in [-0.25, -0.2) is 0 Å². The van der Waals surface area contributed by atoms with E-state index in [1.807, 2.05) is 0 Å². The minimum Gasteiger partial charge on any atom is -0.353 e. The van der Waals surface area contributed by atoms with E-state index in [4.69, 9.17) is 0 Å². The maximum Gasteiger partial charge on any atom is 0.220 e. The molecule has 0 aromatic carbocycles. The van der Waals surface area contributed by atoms with E-state index >= 15 is 0 Å². The van der Waals surface area contributed by atoms with Gasteiger partial charge in [0.05, 0.1) is 0 Å². The predicted octanol–water partition coefficient (Wildman–Crippen LogP) is 26.1. The fraction of sp³-hybridized carbons (Fsp3) is 0.953. The van der Waals surface area contributed by atoms with Crippen LogP contribution in [-0.2, 0) is 19.2 Å². The zero-order valence-corrected chi connectivity index (χ0v) is 62.5. The lowest BCUT2D eigenvalue weighted by molar-refractivity contribution is -0.125. The Kier molecular flexibility index (Phi) is 56.3. The summed E-state index contributed by atoms with van der Waals surface area (Å²) in [6.07, 6.45) is 86.5. The van der Waals surface area contributed by atoms with Crippen molar-refractivity contribution in [2.45, 2.75) is 489 Å². The van der Waals surface area contributed by atoms with Crippen LogP contribution in [-0.4, -0.2) is 41.6 Å². The Hall–Kier alpha value is -1.92. The second-order valence-electron chi connectivity index (χ2n) is 31.5. The standard InChI is InChI=1S/C85H161N3O4/c1-5-9-13-17-21-23-25-27-29-31-33-35-37-41-51-64-79(89)73-78-63-55-56-65-80(78)86-83(90)68-53-45-43-49-61-76-71-74(59-47-39-19-15-11-7-3)75(60-48-40-20-16-12-8-4)72-77(76)62-50-44-46-54-70-85(92)88-82-67-58-57-66-81(82)87-84(91)69-52-42-38-36-34-32-30-28-26-24-22-18-14-10-6-2/h74-78,80-82H,5-73H2,1-4H3,(H,86,90)(H,87,91)(H,88,92)/t74?,75?,76?,77?,78-,80+,81-,82-/m0/s1. The molecule has 0 aromatic rings. The second kappa shape index (κ2) is 61.4. The smallest absolute Gasteiger partial charge is 0.220 e. The van der Waals surface area contributed by atoms with Crippen molar-refractivity contribution in [1.29, 1.82) is 0 Å². The van der Waals surface area contributed by atoms with Gasteiger partial charge in [0.1, 0.15) is 5.78 Å². The molecule has 3 aliphatic rings. The predicted molar refractivity (Wildman–Crippen MR) is 400 cm³/mol. The molecule has 0 aromatic heterocycles. The molecule has 3 aliphatic carbocycles. The third-order valence-electron chi connectivity index (χ3n) is 23.1. The fourth-order valence-corrected chi connectivity index (χ4v) is 17.1. The maximum absolute atomic E-state index is 13.5. The average Bonchev–Trinajstić information content (AvgIpc) is 0.984. The summed E-state index contributed by atoms with van der Waals surface area (Å²) < 4.78 is 0. The summed E-state index contributed by atoms with van der Waals surface area (Å²) in [5.41, 5.74) is 0. The first-order chi connectivity index (χ1) is 45.3. The molecule has 8 atom stereocenters. The molecule has 0 heterocycles. The summed E-state index contributed by atoms with van der Waals surface area (Å²) in [7, 11) is 0. The zero-order chi connectivity index (χ0) is 65.8. The summed E-state index contributed by atoms with van der Waals surface area (Å²) in [6, 6.07) is 0.320. The highest BCUT2D eigenvalue weighted by Gasteiger charge is 2.36. The SMILES string of the molecule is CCCCCCCCCCCCCCCCCC(=O)C[C@@H]1CCCC[C@H]1NC(=O)CCCCCCC1CC(CCCCCCCC)C(CCCCCCCC)CC1CCCCCCC(=O)N[C@H]1CCCC[C@@H]1NC(=O)CCCCCCCCCCCCCCCCC. The Labute approximate surface area is 574 Å². The van der Waals surface area contributed by atoms with Crippen molar-refractivity contribution in [3.05, 3.63) is 0 Å². The summed E-state index contributed by atoms with van der Waals surface area (Å²) >= 11 is 0. The Balaban J connectivity index is 1.38. The van der Waals surface area contributed by atoms with Gasteiger partial charge < -0.3 is 16.0 Å². The van der Waals surface area contributed by atoms with E-state index < -0.39 is 0 Å². The minimum absolute atomic E-state index is 0.0691. The molecule has 0 spiro atoms. The third-order valence-corrected chi connectivity index (χ3v) is 23.1. The van der Waals surface area contributed by atoms with Crippen molar-refractivity contribution in [2.75, 3.05) is 0 Å². The van der Waals surface area contributed by atoms with Crippen molar-refractivity contribution in [2.24, 2.45) is 29.6 Å². The number of rotatable bonds is 65. The minimum atomic E-state index is 0.0691. The number of carbonyl (C=O) groups is 4. The number of ketones is 1. The first-order valence-corrected chi connectivity index (χ1v) is 42.7. The number of unbranched alkanes of at least 4 members (excludes halogenated alkanes) is 44. The average molecular weight is 1290 g/mol. The molecule has 3 saturated carbocycles. The van der Waals surface area contributed by atoms with Crippen molar-refractivity contribution in [3.8, 4) is 0 Å². The van der Waals surface area contributed by atoms with Gasteiger partial charge in [-0.05, 0) is 93.8 Å². The molecule has 0 bridgehead atoms. The van der Waals surface area contributed by atoms with Crippen LogP contribution in [0.1, 0.15) is 471 Å². The Morgan fingerprint density at radius 3 is 0.739 bits per heavy atom. The van der Waals surface area contributed by atoms with Crippen molar-refractivity contribution in [1.82, 2.24) is 16.0 Å². The summed E-state index contributed by atoms with van der Waals surface area (Å²) in [6.45, 7) is 9.25. The lowest BCUT2D eigenvalue weighted by atomic mass is 9.63. The molecular formula is C85H161N3O4. The van der Waals surface area contributed by atoms with Gasteiger partial charge in [0.15, 0.2) is 0 Å². The topological polar surface area (TPSA) is 104 Å². The lowest BCUT2D eigenvalue weighted by Gasteiger charge is -2.42. The first kappa shape index (κ1) is 84.3. The largest absolute Gasteiger partial charge is 0.353 e. The molecule has 7 heteroatoms. The van der Waals surface area contributed by atoms with Crippen LogP contribution in [0.3, 0.4) is 0 Å². The van der Waals surface area contributed by atoms with Crippen LogP contribution < -0.4 is 16.0 Å². The molecule has 0 radical (unpaired) electrons. The van der Waals surface area contributed by atoms with E-state index in [2.05, 4.69) is 43.6 Å². The molecule has 3 N–H and O–H groups in total. The van der Waals surface area contributed by atoms with Gasteiger partial charge in [0, 0.05) is 50.2 Å². The number of Topliss-reactive ketones (excluding diaryl/α,β-unsaturated/α-hetero) is 1. The third kappa shape index (κ3) is 46.3. The summed E-state index contributed by atoms with van der Waals surface area (Å²) in [4.78, 5) is 53.2. The van der Waals surface area contributed by atoms with Crippen LogP contribution in [0.25, 0.3) is 0 Å². The van der Waals surface area contributed by atoms with Crippen LogP contribution in [0.2, 0.25) is 0 Å². The Morgan fingerprint density at radius 2 is 0.457 bits per heavy atom. The molecule has 0 saturated heterocycles. The molecule has 7 nitrogen and oxygen atoms in total. The molecule has 4 unspecified atom stereocenters.